The molecule has 0 atom stereocenters. The third-order valence-electron chi connectivity index (χ3n) is 4.30. The van der Waals surface area contributed by atoms with Gasteiger partial charge in [-0.2, -0.15) is 0 Å². The van der Waals surface area contributed by atoms with Crippen LogP contribution in [0.5, 0.6) is 5.75 Å². The minimum absolute atomic E-state index is 0.0845. The number of hydrogen-bond donors (Lipinski definition) is 1. The van der Waals surface area contributed by atoms with Gasteiger partial charge in [-0.15, -0.1) is 0 Å². The Kier molecular flexibility index (Phi) is 6.47. The second-order valence-corrected chi connectivity index (χ2v) is 6.35. The van der Waals surface area contributed by atoms with Gasteiger partial charge in [0.25, 0.3) is 6.43 Å². The largest absolute Gasteiger partial charge is 0.488 e. The van der Waals surface area contributed by atoms with Crippen molar-refractivity contribution in [3.05, 3.63) is 65.9 Å². The molecule has 0 radical (unpaired) electrons. The van der Waals surface area contributed by atoms with Gasteiger partial charge in [-0.25, -0.2) is 13.6 Å². The molecule has 3 aromatic rings. The fraction of sp³-hybridized carbons (Fsp3) is 0.286. The maximum Gasteiger partial charge on any atom is 0.407 e. The second kappa shape index (κ2) is 9.21. The maximum atomic E-state index is 12.1. The van der Waals surface area contributed by atoms with E-state index in [-0.39, 0.29) is 6.61 Å². The molecular weight excluding hydrogens is 366 g/mol. The van der Waals surface area contributed by atoms with E-state index in [0.717, 1.165) is 27.8 Å². The summed E-state index contributed by atoms with van der Waals surface area (Å²) in [6, 6.07) is 15.7. The zero-order valence-corrected chi connectivity index (χ0v) is 15.5. The molecule has 0 fully saturated rings. The van der Waals surface area contributed by atoms with Crippen molar-refractivity contribution in [1.82, 2.24) is 9.88 Å². The van der Waals surface area contributed by atoms with E-state index in [1.165, 1.54) is 0 Å². The highest BCUT2D eigenvalue weighted by atomic mass is 19.3. The molecule has 5 nitrogen and oxygen atoms in total. The Morgan fingerprint density at radius 1 is 1.14 bits per heavy atom. The van der Waals surface area contributed by atoms with Crippen molar-refractivity contribution >= 4 is 17.0 Å². The van der Waals surface area contributed by atoms with Gasteiger partial charge in [0.05, 0.1) is 18.7 Å². The number of nitrogens with one attached hydrogen (secondary N) is 1. The molecule has 0 saturated heterocycles. The number of alkyl carbamates (subject to hydrolysis) is 1. The standard InChI is InChI=1S/C21H22F2N2O3/c1-25-13-16(10-11-27-21(26)24-12-19(22)23)20-17(25)8-5-9-18(20)28-14-15-6-3-2-4-7-15/h2-9,13,19H,10-12,14H2,1H3,(H,24,26). The van der Waals surface area contributed by atoms with Crippen LogP contribution in [0.15, 0.2) is 54.7 Å². The number of benzene rings is 2. The van der Waals surface area contributed by atoms with Crippen LogP contribution in [0.25, 0.3) is 10.9 Å². The molecule has 1 heterocycles. The molecular formula is C21H22F2N2O3. The van der Waals surface area contributed by atoms with E-state index < -0.39 is 19.1 Å². The average molecular weight is 388 g/mol. The van der Waals surface area contributed by atoms with Crippen molar-refractivity contribution in [2.45, 2.75) is 19.5 Å². The van der Waals surface area contributed by atoms with Crippen LogP contribution in [0.1, 0.15) is 11.1 Å². The first-order chi connectivity index (χ1) is 13.5. The lowest BCUT2D eigenvalue weighted by atomic mass is 10.1. The van der Waals surface area contributed by atoms with Gasteiger partial charge in [0.15, 0.2) is 0 Å². The van der Waals surface area contributed by atoms with Crippen molar-refractivity contribution in [2.75, 3.05) is 13.2 Å². The first-order valence-electron chi connectivity index (χ1n) is 8.97. The Morgan fingerprint density at radius 2 is 1.93 bits per heavy atom. The maximum absolute atomic E-state index is 12.1. The van der Waals surface area contributed by atoms with Gasteiger partial charge in [-0.1, -0.05) is 36.4 Å². The normalized spacial score (nSPS) is 11.0. The number of ether oxygens (including phenoxy) is 2. The van der Waals surface area contributed by atoms with Crippen LogP contribution < -0.4 is 10.1 Å². The van der Waals surface area contributed by atoms with Crippen LogP contribution in [0.4, 0.5) is 13.6 Å². The summed E-state index contributed by atoms with van der Waals surface area (Å²) >= 11 is 0. The van der Waals surface area contributed by atoms with Gasteiger partial charge in [0.2, 0.25) is 0 Å². The predicted molar refractivity (Wildman–Crippen MR) is 103 cm³/mol. The van der Waals surface area contributed by atoms with E-state index in [2.05, 4.69) is 0 Å². The number of carbonyl (C=O) groups excluding carboxylic acids is 1. The number of halogens is 2. The van der Waals surface area contributed by atoms with Crippen molar-refractivity contribution in [1.29, 1.82) is 0 Å². The Balaban J connectivity index is 1.69. The molecule has 28 heavy (non-hydrogen) atoms. The van der Waals surface area contributed by atoms with Crippen molar-refractivity contribution in [2.24, 2.45) is 7.05 Å². The number of nitrogens with zero attached hydrogens (tertiary/aromatic N) is 1. The summed E-state index contributed by atoms with van der Waals surface area (Å²) in [6.45, 7) is -0.188. The van der Waals surface area contributed by atoms with Gasteiger partial charge in [-0.05, 0) is 23.3 Å². The molecule has 2 aromatic carbocycles. The molecule has 0 aliphatic carbocycles. The number of alkyl halides is 2. The van der Waals surface area contributed by atoms with Crippen LogP contribution in [-0.4, -0.2) is 30.2 Å². The third-order valence-corrected chi connectivity index (χ3v) is 4.30. The van der Waals surface area contributed by atoms with E-state index in [0.29, 0.717) is 13.0 Å². The summed E-state index contributed by atoms with van der Waals surface area (Å²) in [5.74, 6) is 0.749. The minimum Gasteiger partial charge on any atom is -0.488 e. The molecule has 148 valence electrons. The second-order valence-electron chi connectivity index (χ2n) is 6.35. The number of aromatic nitrogens is 1. The summed E-state index contributed by atoms with van der Waals surface area (Å²) in [5.41, 5.74) is 3.03. The Labute approximate surface area is 161 Å². The molecule has 1 amide bonds. The van der Waals surface area contributed by atoms with E-state index in [4.69, 9.17) is 9.47 Å². The number of amides is 1. The molecule has 1 N–H and O–H groups in total. The zero-order chi connectivity index (χ0) is 19.9. The number of carbonyl (C=O) groups is 1. The molecule has 0 aliphatic rings. The first-order valence-corrected chi connectivity index (χ1v) is 8.97. The fourth-order valence-corrected chi connectivity index (χ4v) is 3.01. The Bertz CT molecular complexity index is 926. The van der Waals surface area contributed by atoms with Gasteiger partial charge in [0, 0.05) is 25.1 Å². The minimum atomic E-state index is -2.60. The average Bonchev–Trinajstić information content (AvgIpc) is 3.02. The van der Waals surface area contributed by atoms with E-state index >= 15 is 0 Å². The van der Waals surface area contributed by atoms with Crippen LogP contribution in [-0.2, 0) is 24.8 Å². The van der Waals surface area contributed by atoms with Crippen molar-refractivity contribution < 1.29 is 23.0 Å². The van der Waals surface area contributed by atoms with E-state index in [1.54, 1.807) is 0 Å². The van der Waals surface area contributed by atoms with Gasteiger partial charge >= 0.3 is 6.09 Å². The van der Waals surface area contributed by atoms with Crippen LogP contribution in [0.3, 0.4) is 0 Å². The highest BCUT2D eigenvalue weighted by Gasteiger charge is 2.13. The van der Waals surface area contributed by atoms with E-state index in [9.17, 15) is 13.6 Å². The quantitative estimate of drug-likeness (QED) is 0.626. The lowest BCUT2D eigenvalue weighted by molar-refractivity contribution is 0.120. The predicted octanol–water partition coefficient (Wildman–Crippen LogP) is 4.29. The summed E-state index contributed by atoms with van der Waals surface area (Å²) in [4.78, 5) is 11.4. The lowest BCUT2D eigenvalue weighted by Gasteiger charge is -2.10. The molecule has 0 aliphatic heterocycles. The van der Waals surface area contributed by atoms with Crippen LogP contribution in [0, 0.1) is 0 Å². The Morgan fingerprint density at radius 3 is 2.68 bits per heavy atom. The third kappa shape index (κ3) is 5.00. The molecule has 7 heteroatoms. The summed E-state index contributed by atoms with van der Waals surface area (Å²) < 4.78 is 37.2. The number of rotatable bonds is 8. The summed E-state index contributed by atoms with van der Waals surface area (Å²) in [7, 11) is 1.93. The van der Waals surface area contributed by atoms with Crippen LogP contribution in [0.2, 0.25) is 0 Å². The summed E-state index contributed by atoms with van der Waals surface area (Å²) in [5, 5.41) is 2.98. The molecule has 0 spiro atoms. The summed E-state index contributed by atoms with van der Waals surface area (Å²) in [6.07, 6.45) is -1.04. The first kappa shape index (κ1) is 19.7. The molecule has 0 saturated carbocycles. The monoisotopic (exact) mass is 388 g/mol. The number of aryl methyl sites for hydroxylation is 1. The zero-order valence-electron chi connectivity index (χ0n) is 15.5. The molecule has 0 unspecified atom stereocenters. The van der Waals surface area contributed by atoms with Gasteiger partial charge < -0.3 is 19.4 Å². The lowest BCUT2D eigenvalue weighted by Crippen LogP contribution is -2.29. The van der Waals surface area contributed by atoms with Crippen molar-refractivity contribution in [3.8, 4) is 5.75 Å². The fourth-order valence-electron chi connectivity index (χ4n) is 3.01. The highest BCUT2D eigenvalue weighted by Crippen LogP contribution is 2.31. The highest BCUT2D eigenvalue weighted by molar-refractivity contribution is 5.90. The van der Waals surface area contributed by atoms with Crippen molar-refractivity contribution in [3.63, 3.8) is 0 Å². The SMILES string of the molecule is Cn1cc(CCOC(=O)NCC(F)F)c2c(OCc3ccccc3)cccc21. The molecule has 1 aromatic heterocycles. The Hall–Kier alpha value is -3.09. The smallest absolute Gasteiger partial charge is 0.407 e. The number of hydrogen-bond acceptors (Lipinski definition) is 3. The van der Waals surface area contributed by atoms with Gasteiger partial charge in [-0.3, -0.25) is 0 Å². The topological polar surface area (TPSA) is 52.5 Å². The van der Waals surface area contributed by atoms with Gasteiger partial charge in [0.1, 0.15) is 12.4 Å². The molecule has 3 rings (SSSR count). The number of fused-ring (bicyclic) bond motifs is 1. The van der Waals surface area contributed by atoms with E-state index in [1.807, 2.05) is 71.7 Å². The molecule has 0 bridgehead atoms. The van der Waals surface area contributed by atoms with Crippen LogP contribution >= 0.6 is 0 Å².